The molecule has 4 heteroatoms. The van der Waals surface area contributed by atoms with Crippen LogP contribution in [0.1, 0.15) is 46.5 Å². The van der Waals surface area contributed by atoms with Gasteiger partial charge in [0.25, 0.3) is 0 Å². The van der Waals surface area contributed by atoms with Crippen molar-refractivity contribution in [2.45, 2.75) is 51.7 Å². The highest BCUT2D eigenvalue weighted by atomic mass is 32.2. The number of hydrogen-bond donors (Lipinski definition) is 2. The van der Waals surface area contributed by atoms with Gasteiger partial charge < -0.3 is 10.6 Å². The monoisotopic (exact) mass is 271 g/mol. The first kappa shape index (κ1) is 15.7. The quantitative estimate of drug-likeness (QED) is 0.552. The smallest absolute Gasteiger partial charge is 0.191 e. The first-order valence-electron chi connectivity index (χ1n) is 7.20. The average molecular weight is 271 g/mol. The van der Waals surface area contributed by atoms with Crippen molar-refractivity contribution in [1.82, 2.24) is 10.6 Å². The van der Waals surface area contributed by atoms with E-state index in [2.05, 4.69) is 37.7 Å². The molecule has 1 fully saturated rings. The zero-order valence-electron chi connectivity index (χ0n) is 12.4. The summed E-state index contributed by atoms with van der Waals surface area (Å²) in [6.07, 6.45) is 7.51. The fourth-order valence-corrected chi connectivity index (χ4v) is 2.46. The van der Waals surface area contributed by atoms with E-state index in [-0.39, 0.29) is 0 Å². The molecule has 0 bridgehead atoms. The van der Waals surface area contributed by atoms with Gasteiger partial charge in [0.1, 0.15) is 0 Å². The predicted molar refractivity (Wildman–Crippen MR) is 83.5 cm³/mol. The summed E-state index contributed by atoms with van der Waals surface area (Å²) in [5, 5.41) is 7.39. The predicted octanol–water partition coefficient (Wildman–Crippen LogP) is 2.87. The van der Waals surface area contributed by atoms with Gasteiger partial charge >= 0.3 is 0 Å². The Hall–Kier alpha value is -0.380. The summed E-state index contributed by atoms with van der Waals surface area (Å²) in [4.78, 5) is 4.77. The van der Waals surface area contributed by atoms with Crippen molar-refractivity contribution in [3.63, 3.8) is 0 Å². The third-order valence-corrected chi connectivity index (χ3v) is 5.01. The first-order valence-corrected chi connectivity index (χ1v) is 8.49. The standard InChI is InChI=1S/C14H29N3S/c1-5-14(8-7-9-14)11-17-13(15-6-2)16-10-12(3)18-4/h12H,5-11H2,1-4H3,(H2,15,16,17). The minimum Gasteiger partial charge on any atom is -0.357 e. The van der Waals surface area contributed by atoms with E-state index in [0.29, 0.717) is 10.7 Å². The summed E-state index contributed by atoms with van der Waals surface area (Å²) in [5.41, 5.74) is 0.507. The molecule has 0 heterocycles. The highest BCUT2D eigenvalue weighted by Crippen LogP contribution is 2.43. The lowest BCUT2D eigenvalue weighted by Crippen LogP contribution is -2.41. The Morgan fingerprint density at radius 1 is 1.33 bits per heavy atom. The van der Waals surface area contributed by atoms with Crippen LogP contribution in [0.3, 0.4) is 0 Å². The molecule has 3 nitrogen and oxygen atoms in total. The Bertz CT molecular complexity index is 256. The molecule has 0 saturated heterocycles. The number of nitrogens with zero attached hydrogens (tertiary/aromatic N) is 1. The average Bonchev–Trinajstić information content (AvgIpc) is 2.34. The van der Waals surface area contributed by atoms with Gasteiger partial charge in [-0.2, -0.15) is 11.8 Å². The molecule has 0 aromatic carbocycles. The number of hydrogen-bond acceptors (Lipinski definition) is 2. The van der Waals surface area contributed by atoms with Gasteiger partial charge in [0.05, 0.1) is 0 Å². The molecule has 18 heavy (non-hydrogen) atoms. The lowest BCUT2D eigenvalue weighted by atomic mass is 9.67. The highest BCUT2D eigenvalue weighted by Gasteiger charge is 2.34. The van der Waals surface area contributed by atoms with Gasteiger partial charge in [0, 0.05) is 24.9 Å². The van der Waals surface area contributed by atoms with Crippen LogP contribution in [0, 0.1) is 5.41 Å². The van der Waals surface area contributed by atoms with Crippen molar-refractivity contribution in [2.24, 2.45) is 10.4 Å². The fraction of sp³-hybridized carbons (Fsp3) is 0.929. The maximum absolute atomic E-state index is 4.77. The van der Waals surface area contributed by atoms with E-state index in [9.17, 15) is 0 Å². The molecule has 1 atom stereocenters. The van der Waals surface area contributed by atoms with Crippen molar-refractivity contribution in [3.8, 4) is 0 Å². The fourth-order valence-electron chi connectivity index (χ4n) is 2.21. The molecule has 0 aromatic heterocycles. The van der Waals surface area contributed by atoms with Gasteiger partial charge in [-0.15, -0.1) is 0 Å². The Labute approximate surface area is 117 Å². The zero-order chi connectivity index (χ0) is 13.4. The van der Waals surface area contributed by atoms with Crippen LogP contribution in [0.2, 0.25) is 0 Å². The van der Waals surface area contributed by atoms with Crippen molar-refractivity contribution in [1.29, 1.82) is 0 Å². The lowest BCUT2D eigenvalue weighted by molar-refractivity contribution is 0.139. The van der Waals surface area contributed by atoms with Crippen LogP contribution in [0.25, 0.3) is 0 Å². The van der Waals surface area contributed by atoms with Gasteiger partial charge in [-0.25, -0.2) is 0 Å². The second-order valence-electron chi connectivity index (χ2n) is 5.33. The van der Waals surface area contributed by atoms with Crippen LogP contribution >= 0.6 is 11.8 Å². The Kier molecular flexibility index (Phi) is 6.90. The van der Waals surface area contributed by atoms with E-state index in [1.807, 2.05) is 11.8 Å². The van der Waals surface area contributed by atoms with E-state index < -0.39 is 0 Å². The van der Waals surface area contributed by atoms with Crippen LogP contribution in [0.5, 0.6) is 0 Å². The molecule has 106 valence electrons. The van der Waals surface area contributed by atoms with E-state index >= 15 is 0 Å². The topological polar surface area (TPSA) is 36.4 Å². The van der Waals surface area contributed by atoms with Gasteiger partial charge in [-0.1, -0.05) is 20.3 Å². The van der Waals surface area contributed by atoms with Crippen LogP contribution in [-0.4, -0.2) is 37.1 Å². The van der Waals surface area contributed by atoms with Crippen molar-refractivity contribution >= 4 is 17.7 Å². The van der Waals surface area contributed by atoms with Crippen molar-refractivity contribution in [2.75, 3.05) is 25.9 Å². The van der Waals surface area contributed by atoms with Gasteiger partial charge in [-0.3, -0.25) is 4.99 Å². The number of thioether (sulfide) groups is 1. The summed E-state index contributed by atoms with van der Waals surface area (Å²) in [5.74, 6) is 0.984. The zero-order valence-corrected chi connectivity index (χ0v) is 13.2. The van der Waals surface area contributed by atoms with E-state index in [1.165, 1.54) is 25.7 Å². The van der Waals surface area contributed by atoms with Crippen LogP contribution in [0.15, 0.2) is 4.99 Å². The molecule has 1 aliphatic carbocycles. The summed E-state index contributed by atoms with van der Waals surface area (Å²) >= 11 is 1.88. The van der Waals surface area contributed by atoms with Crippen LogP contribution < -0.4 is 10.6 Å². The maximum atomic E-state index is 4.77. The Morgan fingerprint density at radius 3 is 2.50 bits per heavy atom. The van der Waals surface area contributed by atoms with Crippen molar-refractivity contribution < 1.29 is 0 Å². The maximum Gasteiger partial charge on any atom is 0.191 e. The molecule has 1 rings (SSSR count). The normalized spacial score (nSPS) is 20.1. The molecule has 1 unspecified atom stereocenters. The van der Waals surface area contributed by atoms with Gasteiger partial charge in [0.2, 0.25) is 0 Å². The third-order valence-electron chi connectivity index (χ3n) is 4.04. The molecular weight excluding hydrogens is 242 g/mol. The molecule has 1 saturated carbocycles. The summed E-state index contributed by atoms with van der Waals surface area (Å²) in [7, 11) is 0. The van der Waals surface area contributed by atoms with Crippen LogP contribution in [0.4, 0.5) is 0 Å². The molecule has 0 amide bonds. The summed E-state index contributed by atoms with van der Waals surface area (Å²) < 4.78 is 0. The SMILES string of the molecule is CCNC(=NCC1(CC)CCC1)NCC(C)SC. The minimum absolute atomic E-state index is 0.507. The molecule has 0 radical (unpaired) electrons. The molecular formula is C14H29N3S. The molecule has 2 N–H and O–H groups in total. The second kappa shape index (κ2) is 7.93. The third kappa shape index (κ3) is 4.71. The number of guanidine groups is 1. The largest absolute Gasteiger partial charge is 0.357 e. The second-order valence-corrected chi connectivity index (χ2v) is 6.61. The van der Waals surface area contributed by atoms with Gasteiger partial charge in [-0.05, 0) is 37.9 Å². The minimum atomic E-state index is 0.507. The van der Waals surface area contributed by atoms with Crippen LogP contribution in [-0.2, 0) is 0 Å². The highest BCUT2D eigenvalue weighted by molar-refractivity contribution is 7.99. The van der Waals surface area contributed by atoms with Gasteiger partial charge in [0.15, 0.2) is 5.96 Å². The van der Waals surface area contributed by atoms with E-state index in [0.717, 1.165) is 25.6 Å². The number of rotatable bonds is 7. The molecule has 1 aliphatic rings. The number of aliphatic imine (C=N–C) groups is 1. The first-order chi connectivity index (χ1) is 8.65. The lowest BCUT2D eigenvalue weighted by Gasteiger charge is -2.40. The number of nitrogens with one attached hydrogen (secondary N) is 2. The van der Waals surface area contributed by atoms with E-state index in [4.69, 9.17) is 4.99 Å². The van der Waals surface area contributed by atoms with Crippen molar-refractivity contribution in [3.05, 3.63) is 0 Å². The molecule has 0 spiro atoms. The summed E-state index contributed by atoms with van der Waals surface area (Å²) in [6, 6.07) is 0. The Morgan fingerprint density at radius 2 is 2.06 bits per heavy atom. The van der Waals surface area contributed by atoms with E-state index in [1.54, 1.807) is 0 Å². The Balaban J connectivity index is 2.44. The summed E-state index contributed by atoms with van der Waals surface area (Å²) in [6.45, 7) is 9.54. The molecule has 0 aliphatic heterocycles. The molecule has 0 aromatic rings.